The van der Waals surface area contributed by atoms with E-state index in [0.29, 0.717) is 10.8 Å². The monoisotopic (exact) mass is 313 g/mol. The van der Waals surface area contributed by atoms with Crippen molar-refractivity contribution in [3.8, 4) is 5.75 Å². The summed E-state index contributed by atoms with van der Waals surface area (Å²) in [5.74, 6) is -0.247. The van der Waals surface area contributed by atoms with E-state index in [0.717, 1.165) is 18.5 Å². The Morgan fingerprint density at radius 3 is 2.71 bits per heavy atom. The summed E-state index contributed by atoms with van der Waals surface area (Å²) in [4.78, 5) is 21.7. The maximum atomic E-state index is 11.2. The Hall–Kier alpha value is -1.79. The smallest absolute Gasteiger partial charge is 0.318 e. The van der Waals surface area contributed by atoms with Gasteiger partial charge in [-0.1, -0.05) is 24.6 Å². The molecule has 0 spiro atoms. The average Bonchev–Trinajstić information content (AvgIpc) is 2.42. The van der Waals surface area contributed by atoms with E-state index in [2.05, 4.69) is 12.2 Å². The molecule has 6 nitrogen and oxygen atoms in total. The highest BCUT2D eigenvalue weighted by Gasteiger charge is 2.10. The van der Waals surface area contributed by atoms with Crippen LogP contribution in [0.1, 0.15) is 31.9 Å². The third-order valence-electron chi connectivity index (χ3n) is 2.78. The summed E-state index contributed by atoms with van der Waals surface area (Å²) in [5.41, 5.74) is 5.86. The number of ether oxygens (including phenoxy) is 1. The first-order valence-corrected chi connectivity index (χ1v) is 7.06. The summed E-state index contributed by atoms with van der Waals surface area (Å²) in [6.45, 7) is 4.74. The van der Waals surface area contributed by atoms with Gasteiger partial charge in [0.05, 0.1) is 5.02 Å². The van der Waals surface area contributed by atoms with E-state index in [9.17, 15) is 9.59 Å². The minimum absolute atomic E-state index is 0.176. The summed E-state index contributed by atoms with van der Waals surface area (Å²) in [6, 6.07) is 4.62. The van der Waals surface area contributed by atoms with Crippen molar-refractivity contribution < 1.29 is 14.3 Å². The van der Waals surface area contributed by atoms with Gasteiger partial charge in [-0.05, 0) is 37.6 Å². The first-order chi connectivity index (χ1) is 9.93. The van der Waals surface area contributed by atoms with E-state index < -0.39 is 11.9 Å². The van der Waals surface area contributed by atoms with E-state index in [1.165, 1.54) is 0 Å². The summed E-state index contributed by atoms with van der Waals surface area (Å²) in [5, 5.41) is 5.67. The molecule has 21 heavy (non-hydrogen) atoms. The maximum Gasteiger partial charge on any atom is 0.318 e. The lowest BCUT2D eigenvalue weighted by atomic mass is 10.1. The van der Waals surface area contributed by atoms with Gasteiger partial charge in [-0.3, -0.25) is 10.1 Å². The second-order valence-electron chi connectivity index (χ2n) is 4.57. The second kappa shape index (κ2) is 8.49. The lowest BCUT2D eigenvalue weighted by molar-refractivity contribution is -0.121. The molecule has 0 aliphatic carbocycles. The molecule has 1 atom stereocenters. The molecule has 0 fully saturated rings. The molecule has 116 valence electrons. The Morgan fingerprint density at radius 2 is 2.14 bits per heavy atom. The molecule has 1 aromatic rings. The SMILES string of the molecule is CCCNC(C)c1ccc(OCC(=O)NC(N)=O)c(Cl)c1. The van der Waals surface area contributed by atoms with Crippen LogP contribution in [0.15, 0.2) is 18.2 Å². The third-order valence-corrected chi connectivity index (χ3v) is 3.07. The van der Waals surface area contributed by atoms with E-state index in [1.807, 2.05) is 18.3 Å². The van der Waals surface area contributed by atoms with Gasteiger partial charge in [0.2, 0.25) is 0 Å². The number of urea groups is 1. The summed E-state index contributed by atoms with van der Waals surface area (Å²) < 4.78 is 5.24. The van der Waals surface area contributed by atoms with Gasteiger partial charge in [0.25, 0.3) is 5.91 Å². The van der Waals surface area contributed by atoms with Crippen molar-refractivity contribution in [1.29, 1.82) is 0 Å². The highest BCUT2D eigenvalue weighted by Crippen LogP contribution is 2.27. The predicted molar refractivity (Wildman–Crippen MR) is 81.4 cm³/mol. The van der Waals surface area contributed by atoms with Crippen molar-refractivity contribution in [3.63, 3.8) is 0 Å². The molecule has 0 aliphatic rings. The van der Waals surface area contributed by atoms with E-state index in [1.54, 1.807) is 12.1 Å². The van der Waals surface area contributed by atoms with Crippen LogP contribution in [0.25, 0.3) is 0 Å². The van der Waals surface area contributed by atoms with Crippen molar-refractivity contribution in [3.05, 3.63) is 28.8 Å². The van der Waals surface area contributed by atoms with E-state index >= 15 is 0 Å². The van der Waals surface area contributed by atoms with Gasteiger partial charge in [0.15, 0.2) is 6.61 Å². The molecule has 0 radical (unpaired) electrons. The normalized spacial score (nSPS) is 11.8. The standard InChI is InChI=1S/C14H20ClN3O3/c1-3-6-17-9(2)10-4-5-12(11(15)7-10)21-8-13(19)18-14(16)20/h4-5,7,9,17H,3,6,8H2,1-2H3,(H3,16,18,19,20). The van der Waals surface area contributed by atoms with Crippen molar-refractivity contribution in [2.75, 3.05) is 13.2 Å². The van der Waals surface area contributed by atoms with Crippen LogP contribution >= 0.6 is 11.6 Å². The molecule has 4 N–H and O–H groups in total. The Bertz CT molecular complexity index is 508. The fourth-order valence-electron chi connectivity index (χ4n) is 1.70. The van der Waals surface area contributed by atoms with Gasteiger partial charge in [-0.2, -0.15) is 0 Å². The van der Waals surface area contributed by atoms with Crippen LogP contribution in [0.4, 0.5) is 4.79 Å². The number of carbonyl (C=O) groups excluding carboxylic acids is 2. The molecule has 3 amide bonds. The number of nitrogens with one attached hydrogen (secondary N) is 2. The Morgan fingerprint density at radius 1 is 1.43 bits per heavy atom. The fourth-order valence-corrected chi connectivity index (χ4v) is 1.94. The van der Waals surface area contributed by atoms with Gasteiger partial charge in [-0.25, -0.2) is 4.79 Å². The van der Waals surface area contributed by atoms with Crippen LogP contribution in [0, 0.1) is 0 Å². The zero-order valence-corrected chi connectivity index (χ0v) is 12.9. The number of rotatable bonds is 7. The average molecular weight is 314 g/mol. The largest absolute Gasteiger partial charge is 0.482 e. The van der Waals surface area contributed by atoms with Crippen molar-refractivity contribution in [1.82, 2.24) is 10.6 Å². The number of carbonyl (C=O) groups is 2. The van der Waals surface area contributed by atoms with E-state index in [-0.39, 0.29) is 12.6 Å². The van der Waals surface area contributed by atoms with Gasteiger partial charge in [0.1, 0.15) is 5.75 Å². The molecule has 1 aromatic carbocycles. The first kappa shape index (κ1) is 17.3. The van der Waals surface area contributed by atoms with Gasteiger partial charge in [-0.15, -0.1) is 0 Å². The maximum absolute atomic E-state index is 11.2. The molecule has 0 saturated heterocycles. The molecule has 0 saturated carbocycles. The van der Waals surface area contributed by atoms with E-state index in [4.69, 9.17) is 22.1 Å². The van der Waals surface area contributed by atoms with Crippen molar-refractivity contribution >= 4 is 23.5 Å². The summed E-state index contributed by atoms with van der Waals surface area (Å²) >= 11 is 6.12. The molecule has 1 unspecified atom stereocenters. The fraction of sp³-hybridized carbons (Fsp3) is 0.429. The van der Waals surface area contributed by atoms with Gasteiger partial charge >= 0.3 is 6.03 Å². The molecule has 0 heterocycles. The topological polar surface area (TPSA) is 93.4 Å². The van der Waals surface area contributed by atoms with Crippen molar-refractivity contribution in [2.24, 2.45) is 5.73 Å². The van der Waals surface area contributed by atoms with Crippen LogP contribution in [0.3, 0.4) is 0 Å². The number of nitrogens with two attached hydrogens (primary N) is 1. The van der Waals surface area contributed by atoms with Gasteiger partial charge in [0, 0.05) is 6.04 Å². The number of hydrogen-bond acceptors (Lipinski definition) is 4. The second-order valence-corrected chi connectivity index (χ2v) is 4.97. The third kappa shape index (κ3) is 6.01. The summed E-state index contributed by atoms with van der Waals surface area (Å²) in [7, 11) is 0. The zero-order chi connectivity index (χ0) is 15.8. The molecule has 0 aromatic heterocycles. The summed E-state index contributed by atoms with van der Waals surface area (Å²) in [6.07, 6.45) is 1.05. The zero-order valence-electron chi connectivity index (χ0n) is 12.1. The molecule has 0 aliphatic heterocycles. The highest BCUT2D eigenvalue weighted by molar-refractivity contribution is 6.32. The minimum Gasteiger partial charge on any atom is -0.482 e. The lowest BCUT2D eigenvalue weighted by Gasteiger charge is -2.15. The predicted octanol–water partition coefficient (Wildman–Crippen LogP) is 1.97. The number of imide groups is 1. The quantitative estimate of drug-likeness (QED) is 0.717. The minimum atomic E-state index is -0.916. The molecular formula is C14H20ClN3O3. The number of primary amides is 1. The first-order valence-electron chi connectivity index (χ1n) is 6.69. The van der Waals surface area contributed by atoms with Crippen LogP contribution in [0.2, 0.25) is 5.02 Å². The number of amides is 3. The Kier molecular flexibility index (Phi) is 6.98. The molecule has 0 bridgehead atoms. The molecule has 7 heteroatoms. The Balaban J connectivity index is 2.61. The lowest BCUT2D eigenvalue weighted by Crippen LogP contribution is -2.38. The molecule has 1 rings (SSSR count). The number of hydrogen-bond donors (Lipinski definition) is 3. The van der Waals surface area contributed by atoms with Crippen LogP contribution in [-0.2, 0) is 4.79 Å². The van der Waals surface area contributed by atoms with Crippen LogP contribution < -0.4 is 21.1 Å². The van der Waals surface area contributed by atoms with Crippen LogP contribution in [0.5, 0.6) is 5.75 Å². The molecular weight excluding hydrogens is 294 g/mol. The number of benzene rings is 1. The Labute approximate surface area is 129 Å². The number of halogens is 1. The highest BCUT2D eigenvalue weighted by atomic mass is 35.5. The van der Waals surface area contributed by atoms with Crippen molar-refractivity contribution in [2.45, 2.75) is 26.3 Å². The van der Waals surface area contributed by atoms with Gasteiger partial charge < -0.3 is 15.8 Å². The van der Waals surface area contributed by atoms with Crippen LogP contribution in [-0.4, -0.2) is 25.1 Å².